The molecule has 0 aromatic carbocycles. The van der Waals surface area contributed by atoms with Crippen molar-refractivity contribution >= 4 is 12.0 Å². The molecule has 0 unspecified atom stereocenters. The van der Waals surface area contributed by atoms with Crippen molar-refractivity contribution in [3.63, 3.8) is 0 Å². The van der Waals surface area contributed by atoms with Crippen LogP contribution in [0, 0.1) is 5.92 Å². The molecule has 0 bridgehead atoms. The summed E-state index contributed by atoms with van der Waals surface area (Å²) in [6.45, 7) is 6.80. The summed E-state index contributed by atoms with van der Waals surface area (Å²) in [5, 5.41) is 14.7. The lowest BCUT2D eigenvalue weighted by Crippen LogP contribution is -2.53. The number of carboxylic acid groups (broad SMARTS) is 1. The molecule has 1 rings (SSSR count). The Morgan fingerprint density at radius 3 is 2.35 bits per heavy atom. The zero-order valence-corrected chi connectivity index (χ0v) is 12.6. The number of carbonyl (C=O) groups excluding carboxylic acids is 1. The van der Waals surface area contributed by atoms with Gasteiger partial charge < -0.3 is 20.5 Å². The van der Waals surface area contributed by atoms with Gasteiger partial charge in [-0.15, -0.1) is 0 Å². The standard InChI is InChI=1S/C14H26N2O4/c1-4-20-9-14(2,3)16-13(19)15-11-7-5-10(6-8-11)12(17)18/h10-11H,4-9H2,1-3H3,(H,17,18)(H2,15,16,19). The number of carboxylic acids is 1. The molecular weight excluding hydrogens is 260 g/mol. The summed E-state index contributed by atoms with van der Waals surface area (Å²) >= 11 is 0. The summed E-state index contributed by atoms with van der Waals surface area (Å²) < 4.78 is 5.32. The van der Waals surface area contributed by atoms with Gasteiger partial charge in [0.15, 0.2) is 0 Å². The summed E-state index contributed by atoms with van der Waals surface area (Å²) in [5.41, 5.74) is -0.418. The van der Waals surface area contributed by atoms with E-state index >= 15 is 0 Å². The molecule has 1 saturated carbocycles. The van der Waals surface area contributed by atoms with Crippen molar-refractivity contribution in [3.05, 3.63) is 0 Å². The van der Waals surface area contributed by atoms with E-state index in [9.17, 15) is 9.59 Å². The minimum Gasteiger partial charge on any atom is -0.481 e. The minimum absolute atomic E-state index is 0.0634. The summed E-state index contributed by atoms with van der Waals surface area (Å²) in [6, 6.07) is -0.151. The van der Waals surface area contributed by atoms with Gasteiger partial charge in [-0.1, -0.05) is 0 Å². The summed E-state index contributed by atoms with van der Waals surface area (Å²) in [7, 11) is 0. The van der Waals surface area contributed by atoms with Crippen LogP contribution in [0.2, 0.25) is 0 Å². The Morgan fingerprint density at radius 1 is 1.25 bits per heavy atom. The first kappa shape index (κ1) is 16.8. The second kappa shape index (κ2) is 7.47. The molecule has 2 amide bonds. The third kappa shape index (κ3) is 5.77. The number of ether oxygens (including phenoxy) is 1. The molecule has 3 N–H and O–H groups in total. The van der Waals surface area contributed by atoms with Crippen molar-refractivity contribution < 1.29 is 19.4 Å². The van der Waals surface area contributed by atoms with Gasteiger partial charge in [-0.3, -0.25) is 4.79 Å². The summed E-state index contributed by atoms with van der Waals surface area (Å²) in [4.78, 5) is 22.8. The maximum absolute atomic E-state index is 11.9. The number of nitrogens with one attached hydrogen (secondary N) is 2. The fourth-order valence-corrected chi connectivity index (χ4v) is 2.41. The van der Waals surface area contributed by atoms with Gasteiger partial charge in [0.1, 0.15) is 0 Å². The largest absolute Gasteiger partial charge is 0.481 e. The van der Waals surface area contributed by atoms with Crippen molar-refractivity contribution in [3.8, 4) is 0 Å². The topological polar surface area (TPSA) is 87.7 Å². The molecule has 6 heteroatoms. The fourth-order valence-electron chi connectivity index (χ4n) is 2.41. The van der Waals surface area contributed by atoms with Crippen molar-refractivity contribution in [1.29, 1.82) is 0 Å². The van der Waals surface area contributed by atoms with Crippen LogP contribution in [0.4, 0.5) is 4.79 Å². The first-order valence-electron chi connectivity index (χ1n) is 7.23. The average Bonchev–Trinajstić information content (AvgIpc) is 2.36. The zero-order valence-electron chi connectivity index (χ0n) is 12.6. The molecule has 0 aromatic rings. The van der Waals surface area contributed by atoms with Crippen molar-refractivity contribution in [1.82, 2.24) is 10.6 Å². The monoisotopic (exact) mass is 286 g/mol. The maximum Gasteiger partial charge on any atom is 0.315 e. The quantitative estimate of drug-likeness (QED) is 0.694. The smallest absolute Gasteiger partial charge is 0.315 e. The van der Waals surface area contributed by atoms with E-state index in [2.05, 4.69) is 10.6 Å². The van der Waals surface area contributed by atoms with Crippen LogP contribution in [-0.2, 0) is 9.53 Å². The van der Waals surface area contributed by atoms with Crippen LogP contribution < -0.4 is 10.6 Å². The normalized spacial score (nSPS) is 23.1. The SMILES string of the molecule is CCOCC(C)(C)NC(=O)NC1CCC(C(=O)O)CC1. The number of aliphatic carboxylic acids is 1. The van der Waals surface area contributed by atoms with Gasteiger partial charge in [-0.2, -0.15) is 0 Å². The van der Waals surface area contributed by atoms with Gasteiger partial charge in [0.2, 0.25) is 0 Å². The molecule has 1 fully saturated rings. The summed E-state index contributed by atoms with van der Waals surface area (Å²) in [6.07, 6.45) is 2.69. The van der Waals surface area contributed by atoms with Gasteiger partial charge in [0.05, 0.1) is 18.1 Å². The molecule has 0 saturated heterocycles. The van der Waals surface area contributed by atoms with Crippen LogP contribution in [-0.4, -0.2) is 41.9 Å². The highest BCUT2D eigenvalue weighted by molar-refractivity contribution is 5.75. The Bertz CT molecular complexity index is 336. The first-order valence-corrected chi connectivity index (χ1v) is 7.23. The third-order valence-electron chi connectivity index (χ3n) is 3.53. The Hall–Kier alpha value is -1.30. The van der Waals surface area contributed by atoms with Gasteiger partial charge in [0.25, 0.3) is 0 Å². The van der Waals surface area contributed by atoms with Crippen LogP contribution in [0.25, 0.3) is 0 Å². The molecule has 0 aliphatic heterocycles. The fraction of sp³-hybridized carbons (Fsp3) is 0.857. The molecule has 0 heterocycles. The maximum atomic E-state index is 11.9. The van der Waals surface area contributed by atoms with Crippen molar-refractivity contribution in [2.75, 3.05) is 13.2 Å². The molecule has 0 spiro atoms. The van der Waals surface area contributed by atoms with E-state index in [0.717, 1.165) is 12.8 Å². The van der Waals surface area contributed by atoms with Gasteiger partial charge in [0, 0.05) is 12.6 Å². The lowest BCUT2D eigenvalue weighted by Gasteiger charge is -2.30. The molecule has 116 valence electrons. The lowest BCUT2D eigenvalue weighted by atomic mass is 9.86. The van der Waals surface area contributed by atoms with Crippen molar-refractivity contribution in [2.24, 2.45) is 5.92 Å². The number of rotatable bonds is 6. The number of amides is 2. The first-order chi connectivity index (χ1) is 9.34. The Labute approximate surface area is 120 Å². The minimum atomic E-state index is -0.731. The highest BCUT2D eigenvalue weighted by Gasteiger charge is 2.28. The summed E-state index contributed by atoms with van der Waals surface area (Å²) in [5.74, 6) is -0.990. The third-order valence-corrected chi connectivity index (χ3v) is 3.53. The van der Waals surface area contributed by atoms with Gasteiger partial charge in [-0.05, 0) is 46.5 Å². The van der Waals surface area contributed by atoms with Crippen LogP contribution in [0.1, 0.15) is 46.5 Å². The van der Waals surface area contributed by atoms with Gasteiger partial charge in [-0.25, -0.2) is 4.79 Å². The van der Waals surface area contributed by atoms with Gasteiger partial charge >= 0.3 is 12.0 Å². The van der Waals surface area contributed by atoms with E-state index in [0.29, 0.717) is 26.1 Å². The van der Waals surface area contributed by atoms with E-state index in [1.165, 1.54) is 0 Å². The predicted molar refractivity (Wildman–Crippen MR) is 75.6 cm³/mol. The zero-order chi connectivity index (χ0) is 15.2. The van der Waals surface area contributed by atoms with Crippen LogP contribution >= 0.6 is 0 Å². The van der Waals surface area contributed by atoms with E-state index in [1.54, 1.807) is 0 Å². The highest BCUT2D eigenvalue weighted by atomic mass is 16.5. The van der Waals surface area contributed by atoms with E-state index in [-0.39, 0.29) is 18.0 Å². The Morgan fingerprint density at radius 2 is 1.85 bits per heavy atom. The van der Waals surface area contributed by atoms with Crippen LogP contribution in [0.5, 0.6) is 0 Å². The Balaban J connectivity index is 2.31. The number of hydrogen-bond acceptors (Lipinski definition) is 3. The van der Waals surface area contributed by atoms with Crippen LogP contribution in [0.15, 0.2) is 0 Å². The highest BCUT2D eigenvalue weighted by Crippen LogP contribution is 2.24. The molecular formula is C14H26N2O4. The predicted octanol–water partition coefficient (Wildman–Crippen LogP) is 1.74. The van der Waals surface area contributed by atoms with E-state index < -0.39 is 11.5 Å². The molecule has 1 aliphatic carbocycles. The lowest BCUT2D eigenvalue weighted by molar-refractivity contribution is -0.142. The second-order valence-electron chi connectivity index (χ2n) is 6.01. The molecule has 0 atom stereocenters. The molecule has 0 aromatic heterocycles. The van der Waals surface area contributed by atoms with E-state index in [4.69, 9.17) is 9.84 Å². The number of urea groups is 1. The average molecular weight is 286 g/mol. The second-order valence-corrected chi connectivity index (χ2v) is 6.01. The Kier molecular flexibility index (Phi) is 6.26. The molecule has 20 heavy (non-hydrogen) atoms. The molecule has 0 radical (unpaired) electrons. The number of hydrogen-bond donors (Lipinski definition) is 3. The van der Waals surface area contributed by atoms with E-state index in [1.807, 2.05) is 20.8 Å². The van der Waals surface area contributed by atoms with Crippen molar-refractivity contribution in [2.45, 2.75) is 58.0 Å². The molecule has 1 aliphatic rings. The molecule has 6 nitrogen and oxygen atoms in total. The van der Waals surface area contributed by atoms with Crippen LogP contribution in [0.3, 0.4) is 0 Å². The number of carbonyl (C=O) groups is 2.